The van der Waals surface area contributed by atoms with E-state index in [0.717, 1.165) is 17.0 Å². The molecule has 0 aromatic carbocycles. The number of aryl methyl sites for hydroxylation is 1. The van der Waals surface area contributed by atoms with Gasteiger partial charge in [0.25, 0.3) is 5.91 Å². The molecule has 0 atom stereocenters. The number of amides is 1. The van der Waals surface area contributed by atoms with Crippen LogP contribution in [0.4, 0.5) is 0 Å². The number of hydrogen-bond acceptors (Lipinski definition) is 6. The van der Waals surface area contributed by atoms with Crippen molar-refractivity contribution < 1.29 is 13.7 Å². The molecule has 1 amide bonds. The van der Waals surface area contributed by atoms with Gasteiger partial charge in [0.15, 0.2) is 5.69 Å². The number of hydrogen-bond donors (Lipinski definition) is 0. The first-order valence-corrected chi connectivity index (χ1v) is 7.32. The molecular formula is C16H14N4O3. The van der Waals surface area contributed by atoms with Crippen molar-refractivity contribution in [2.75, 3.05) is 6.54 Å². The monoisotopic (exact) mass is 310 g/mol. The molecule has 0 bridgehead atoms. The molecule has 0 fully saturated rings. The molecule has 0 saturated heterocycles. The zero-order valence-corrected chi connectivity index (χ0v) is 12.5. The van der Waals surface area contributed by atoms with E-state index in [1.165, 1.54) is 0 Å². The van der Waals surface area contributed by atoms with Crippen molar-refractivity contribution in [1.29, 1.82) is 0 Å². The van der Waals surface area contributed by atoms with Gasteiger partial charge in [0.1, 0.15) is 17.2 Å². The normalized spacial score (nSPS) is 13.9. The Bertz CT molecular complexity index is 853. The molecule has 0 aliphatic carbocycles. The van der Waals surface area contributed by atoms with E-state index in [0.29, 0.717) is 36.9 Å². The minimum absolute atomic E-state index is 0.154. The lowest BCUT2D eigenvalue weighted by Gasteiger charge is -2.24. The van der Waals surface area contributed by atoms with Crippen molar-refractivity contribution in [3.63, 3.8) is 0 Å². The van der Waals surface area contributed by atoms with Crippen LogP contribution in [0.15, 0.2) is 39.5 Å². The second-order valence-corrected chi connectivity index (χ2v) is 5.43. The van der Waals surface area contributed by atoms with Crippen LogP contribution in [0.3, 0.4) is 0 Å². The molecule has 0 N–H and O–H groups in total. The summed E-state index contributed by atoms with van der Waals surface area (Å²) in [7, 11) is 0. The summed E-state index contributed by atoms with van der Waals surface area (Å²) < 4.78 is 10.8. The van der Waals surface area contributed by atoms with E-state index >= 15 is 0 Å². The highest BCUT2D eigenvalue weighted by atomic mass is 16.5. The fourth-order valence-corrected chi connectivity index (χ4v) is 2.61. The van der Waals surface area contributed by atoms with E-state index in [1.54, 1.807) is 30.3 Å². The molecule has 3 aromatic rings. The summed E-state index contributed by atoms with van der Waals surface area (Å²) in [5.41, 5.74) is 1.93. The zero-order valence-electron chi connectivity index (χ0n) is 12.5. The fraction of sp³-hybridized carbons (Fsp3) is 0.250. The van der Waals surface area contributed by atoms with Crippen LogP contribution in [-0.4, -0.2) is 32.5 Å². The molecule has 1 aliphatic heterocycles. The van der Waals surface area contributed by atoms with E-state index in [1.807, 2.05) is 12.1 Å². The predicted molar refractivity (Wildman–Crippen MR) is 79.4 cm³/mol. The summed E-state index contributed by atoms with van der Waals surface area (Å²) in [6.45, 7) is 2.74. The lowest BCUT2D eigenvalue weighted by atomic mass is 10.1. The van der Waals surface area contributed by atoms with E-state index in [2.05, 4.69) is 15.1 Å². The Morgan fingerprint density at radius 2 is 2.30 bits per heavy atom. The summed E-state index contributed by atoms with van der Waals surface area (Å²) >= 11 is 0. The molecule has 3 aromatic heterocycles. The molecule has 4 heterocycles. The highest BCUT2D eigenvalue weighted by Crippen LogP contribution is 2.26. The molecule has 0 saturated carbocycles. The summed E-state index contributed by atoms with van der Waals surface area (Å²) in [5, 5.41) is 3.78. The first-order valence-electron chi connectivity index (χ1n) is 7.32. The van der Waals surface area contributed by atoms with Crippen molar-refractivity contribution in [1.82, 2.24) is 20.0 Å². The van der Waals surface area contributed by atoms with Crippen LogP contribution in [0.5, 0.6) is 0 Å². The van der Waals surface area contributed by atoms with Gasteiger partial charge >= 0.3 is 0 Å². The average molecular weight is 310 g/mol. The Hall–Kier alpha value is -2.96. The third-order valence-electron chi connectivity index (χ3n) is 3.77. The summed E-state index contributed by atoms with van der Waals surface area (Å²) in [6.07, 6.45) is 4.04. The maximum Gasteiger partial charge on any atom is 0.276 e. The minimum atomic E-state index is -0.154. The smallest absolute Gasteiger partial charge is 0.276 e. The van der Waals surface area contributed by atoms with Gasteiger partial charge in [-0.2, -0.15) is 0 Å². The van der Waals surface area contributed by atoms with Crippen molar-refractivity contribution >= 4 is 5.91 Å². The second kappa shape index (κ2) is 5.35. The van der Waals surface area contributed by atoms with Gasteiger partial charge in [-0.3, -0.25) is 9.78 Å². The van der Waals surface area contributed by atoms with E-state index < -0.39 is 0 Å². The number of carbonyl (C=O) groups excluding carboxylic acids is 1. The molecular weight excluding hydrogens is 296 g/mol. The number of nitrogens with zero attached hydrogens (tertiary/aromatic N) is 4. The van der Waals surface area contributed by atoms with Gasteiger partial charge in [0.2, 0.25) is 5.89 Å². The lowest BCUT2D eigenvalue weighted by Crippen LogP contribution is -2.36. The Morgan fingerprint density at radius 3 is 3.04 bits per heavy atom. The van der Waals surface area contributed by atoms with Crippen LogP contribution in [0.25, 0.3) is 11.5 Å². The highest BCUT2D eigenvalue weighted by molar-refractivity contribution is 5.92. The number of fused-ring (bicyclic) bond motifs is 1. The Kier molecular flexibility index (Phi) is 3.18. The van der Waals surface area contributed by atoms with Crippen LogP contribution >= 0.6 is 0 Å². The van der Waals surface area contributed by atoms with E-state index in [4.69, 9.17) is 8.94 Å². The maximum absolute atomic E-state index is 12.4. The molecule has 7 heteroatoms. The average Bonchev–Trinajstić information content (AvgIpc) is 3.20. The van der Waals surface area contributed by atoms with E-state index in [-0.39, 0.29) is 5.91 Å². The van der Waals surface area contributed by atoms with Crippen LogP contribution in [-0.2, 0) is 13.0 Å². The van der Waals surface area contributed by atoms with Crippen molar-refractivity contribution in [3.05, 3.63) is 53.5 Å². The predicted octanol–water partition coefficient (Wildman–Crippen LogP) is 2.23. The maximum atomic E-state index is 12.4. The number of pyridine rings is 1. The summed E-state index contributed by atoms with van der Waals surface area (Å²) in [5.74, 6) is 1.82. The molecule has 1 aliphatic rings. The topological polar surface area (TPSA) is 85.3 Å². The van der Waals surface area contributed by atoms with Crippen LogP contribution in [0.2, 0.25) is 0 Å². The quantitative estimate of drug-likeness (QED) is 0.721. The number of carbonyl (C=O) groups is 1. The Morgan fingerprint density at radius 1 is 1.39 bits per heavy atom. The van der Waals surface area contributed by atoms with Crippen LogP contribution in [0, 0.1) is 6.92 Å². The molecule has 7 nitrogen and oxygen atoms in total. The van der Waals surface area contributed by atoms with Crippen LogP contribution in [0.1, 0.15) is 27.7 Å². The van der Waals surface area contributed by atoms with Gasteiger partial charge in [-0.1, -0.05) is 5.16 Å². The van der Waals surface area contributed by atoms with Gasteiger partial charge in [-0.25, -0.2) is 4.98 Å². The van der Waals surface area contributed by atoms with Gasteiger partial charge in [0, 0.05) is 31.4 Å². The number of aromatic nitrogens is 3. The highest BCUT2D eigenvalue weighted by Gasteiger charge is 2.27. The summed E-state index contributed by atoms with van der Waals surface area (Å²) in [6, 6.07) is 5.37. The Labute approximate surface area is 131 Å². The lowest BCUT2D eigenvalue weighted by molar-refractivity contribution is 0.0717. The molecule has 0 radical (unpaired) electrons. The van der Waals surface area contributed by atoms with Gasteiger partial charge in [-0.15, -0.1) is 0 Å². The largest absolute Gasteiger partial charge is 0.441 e. The molecule has 4 rings (SSSR count). The SMILES string of the molecule is Cc1cc(C(=O)N2CCc3oc(-c4cccnc4)nc3C2)no1. The standard InChI is InChI=1S/C16H14N4O3/c1-10-7-12(19-23-10)16(21)20-6-4-14-13(9-20)18-15(22-14)11-3-2-5-17-8-11/h2-3,5,7-8H,4,6,9H2,1H3. The van der Waals surface area contributed by atoms with Gasteiger partial charge in [0.05, 0.1) is 12.1 Å². The first-order chi connectivity index (χ1) is 11.2. The van der Waals surface area contributed by atoms with Crippen molar-refractivity contribution in [2.45, 2.75) is 19.9 Å². The number of oxazole rings is 1. The van der Waals surface area contributed by atoms with E-state index in [9.17, 15) is 4.79 Å². The van der Waals surface area contributed by atoms with Crippen molar-refractivity contribution in [2.24, 2.45) is 0 Å². The Balaban J connectivity index is 1.58. The molecule has 0 unspecified atom stereocenters. The first kappa shape index (κ1) is 13.7. The minimum Gasteiger partial charge on any atom is -0.441 e. The third-order valence-corrected chi connectivity index (χ3v) is 3.77. The molecule has 0 spiro atoms. The zero-order chi connectivity index (χ0) is 15.8. The van der Waals surface area contributed by atoms with Gasteiger partial charge in [-0.05, 0) is 19.1 Å². The fourth-order valence-electron chi connectivity index (χ4n) is 2.61. The van der Waals surface area contributed by atoms with Gasteiger partial charge < -0.3 is 13.8 Å². The van der Waals surface area contributed by atoms with Crippen LogP contribution < -0.4 is 0 Å². The number of rotatable bonds is 2. The molecule has 116 valence electrons. The molecule has 23 heavy (non-hydrogen) atoms. The third kappa shape index (κ3) is 2.50. The summed E-state index contributed by atoms with van der Waals surface area (Å²) in [4.78, 5) is 22.7. The second-order valence-electron chi connectivity index (χ2n) is 5.43. The van der Waals surface area contributed by atoms with Crippen molar-refractivity contribution in [3.8, 4) is 11.5 Å².